The van der Waals surface area contributed by atoms with Crippen molar-refractivity contribution in [2.45, 2.75) is 38.4 Å². The smallest absolute Gasteiger partial charge is 0.257 e. The van der Waals surface area contributed by atoms with E-state index in [1.807, 2.05) is 29.2 Å². The van der Waals surface area contributed by atoms with E-state index in [1.54, 1.807) is 0 Å². The minimum atomic E-state index is -0.164. The second kappa shape index (κ2) is 7.40. The van der Waals surface area contributed by atoms with Gasteiger partial charge in [0.1, 0.15) is 6.17 Å². The van der Waals surface area contributed by atoms with Gasteiger partial charge in [-0.3, -0.25) is 9.59 Å². The number of carbonyl (C=O) groups is 2. The molecule has 6 nitrogen and oxygen atoms in total. The number of nitrogens with zero attached hydrogens (tertiary/aromatic N) is 3. The van der Waals surface area contributed by atoms with Crippen molar-refractivity contribution in [3.8, 4) is 0 Å². The molecule has 1 aromatic heterocycles. The summed E-state index contributed by atoms with van der Waals surface area (Å²) in [6, 6.07) is 16.3. The third-order valence-corrected chi connectivity index (χ3v) is 7.25. The first-order valence-electron chi connectivity index (χ1n) is 11.6. The Hall–Kier alpha value is -3.28. The summed E-state index contributed by atoms with van der Waals surface area (Å²) < 4.78 is 2.29. The quantitative estimate of drug-likeness (QED) is 0.674. The molecule has 0 saturated heterocycles. The predicted octanol–water partition coefficient (Wildman–Crippen LogP) is 3.70. The van der Waals surface area contributed by atoms with Gasteiger partial charge in [0.15, 0.2) is 0 Å². The van der Waals surface area contributed by atoms with Crippen LogP contribution in [-0.2, 0) is 17.8 Å². The zero-order valence-corrected chi connectivity index (χ0v) is 18.4. The van der Waals surface area contributed by atoms with Crippen LogP contribution in [0.4, 0.5) is 5.69 Å². The SMILES string of the molecule is CN1c2ccccc2C(=O)N2CCc3c(n(CCC(=O)NCC4CC4)c4ccccc34)[C@@H]21. The van der Waals surface area contributed by atoms with Crippen LogP contribution in [0.5, 0.6) is 0 Å². The van der Waals surface area contributed by atoms with Crippen LogP contribution in [0.25, 0.3) is 10.9 Å². The summed E-state index contributed by atoms with van der Waals surface area (Å²) >= 11 is 0. The molecule has 32 heavy (non-hydrogen) atoms. The maximum Gasteiger partial charge on any atom is 0.257 e. The molecule has 1 saturated carbocycles. The number of hydrogen-bond donors (Lipinski definition) is 1. The molecular weight excluding hydrogens is 400 g/mol. The van der Waals surface area contributed by atoms with Crippen molar-refractivity contribution in [1.29, 1.82) is 0 Å². The summed E-state index contributed by atoms with van der Waals surface area (Å²) in [5.41, 5.74) is 5.33. The number of anilines is 1. The van der Waals surface area contributed by atoms with Gasteiger partial charge in [0, 0.05) is 44.0 Å². The van der Waals surface area contributed by atoms with Gasteiger partial charge in [0.05, 0.1) is 16.9 Å². The summed E-state index contributed by atoms with van der Waals surface area (Å²) in [7, 11) is 2.07. The first-order valence-corrected chi connectivity index (χ1v) is 11.6. The topological polar surface area (TPSA) is 57.6 Å². The monoisotopic (exact) mass is 428 g/mol. The zero-order chi connectivity index (χ0) is 21.8. The molecule has 1 fully saturated rings. The normalized spacial score (nSPS) is 19.5. The molecular formula is C26H28N4O2. The summed E-state index contributed by atoms with van der Waals surface area (Å²) in [5.74, 6) is 0.873. The highest BCUT2D eigenvalue weighted by atomic mass is 16.2. The van der Waals surface area contributed by atoms with E-state index < -0.39 is 0 Å². The van der Waals surface area contributed by atoms with Gasteiger partial charge in [-0.1, -0.05) is 30.3 Å². The second-order valence-corrected chi connectivity index (χ2v) is 9.28. The fraction of sp³-hybridized carbons (Fsp3) is 0.385. The number of aryl methyl sites for hydroxylation is 1. The summed E-state index contributed by atoms with van der Waals surface area (Å²) in [6.07, 6.45) is 3.57. The van der Waals surface area contributed by atoms with Gasteiger partial charge in [-0.25, -0.2) is 0 Å². The fourth-order valence-corrected chi connectivity index (χ4v) is 5.43. The molecule has 164 valence electrons. The van der Waals surface area contributed by atoms with Crippen LogP contribution in [0, 0.1) is 5.92 Å². The largest absolute Gasteiger partial charge is 0.356 e. The van der Waals surface area contributed by atoms with Gasteiger partial charge in [-0.05, 0) is 48.9 Å². The third-order valence-electron chi connectivity index (χ3n) is 7.25. The number of para-hydroxylation sites is 2. The van der Waals surface area contributed by atoms with Crippen molar-refractivity contribution in [2.24, 2.45) is 5.92 Å². The molecule has 2 aromatic carbocycles. The Balaban J connectivity index is 1.41. The van der Waals surface area contributed by atoms with Crippen LogP contribution in [-0.4, -0.2) is 41.4 Å². The predicted molar refractivity (Wildman–Crippen MR) is 125 cm³/mol. The van der Waals surface area contributed by atoms with E-state index in [2.05, 4.69) is 46.1 Å². The van der Waals surface area contributed by atoms with Crippen molar-refractivity contribution in [3.05, 3.63) is 65.4 Å². The average Bonchev–Trinajstić information content (AvgIpc) is 3.60. The molecule has 0 unspecified atom stereocenters. The van der Waals surface area contributed by atoms with Gasteiger partial charge in [-0.15, -0.1) is 0 Å². The molecule has 1 N–H and O–H groups in total. The van der Waals surface area contributed by atoms with Crippen LogP contribution in [0.1, 0.15) is 47.0 Å². The number of hydrogen-bond acceptors (Lipinski definition) is 3. The molecule has 1 aliphatic carbocycles. The second-order valence-electron chi connectivity index (χ2n) is 9.28. The van der Waals surface area contributed by atoms with Gasteiger partial charge < -0.3 is 19.7 Å². The molecule has 0 spiro atoms. The summed E-state index contributed by atoms with van der Waals surface area (Å²) in [4.78, 5) is 30.1. The Morgan fingerprint density at radius 1 is 1.09 bits per heavy atom. The van der Waals surface area contributed by atoms with Crippen molar-refractivity contribution in [3.63, 3.8) is 0 Å². The maximum atomic E-state index is 13.4. The van der Waals surface area contributed by atoms with E-state index in [1.165, 1.54) is 23.8 Å². The van der Waals surface area contributed by atoms with Gasteiger partial charge in [0.2, 0.25) is 5.91 Å². The molecule has 2 amide bonds. The molecule has 3 aromatic rings. The van der Waals surface area contributed by atoms with Crippen molar-refractivity contribution in [2.75, 3.05) is 25.0 Å². The number of rotatable bonds is 5. The maximum absolute atomic E-state index is 13.4. The Morgan fingerprint density at radius 2 is 1.88 bits per heavy atom. The van der Waals surface area contributed by atoms with E-state index in [0.717, 1.165) is 35.4 Å². The Labute approximate surface area is 187 Å². The van der Waals surface area contributed by atoms with Crippen LogP contribution < -0.4 is 10.2 Å². The molecule has 3 aliphatic rings. The highest BCUT2D eigenvalue weighted by Gasteiger charge is 2.42. The number of aromatic nitrogens is 1. The lowest BCUT2D eigenvalue weighted by molar-refractivity contribution is -0.121. The van der Waals surface area contributed by atoms with Crippen molar-refractivity contribution < 1.29 is 9.59 Å². The van der Waals surface area contributed by atoms with Gasteiger partial charge in [-0.2, -0.15) is 0 Å². The Bertz CT molecular complexity index is 1230. The number of fused-ring (bicyclic) bond motifs is 6. The lowest BCUT2D eigenvalue weighted by Gasteiger charge is -2.46. The Kier molecular flexibility index (Phi) is 4.49. The molecule has 0 radical (unpaired) electrons. The summed E-state index contributed by atoms with van der Waals surface area (Å²) in [5, 5.41) is 4.33. The first kappa shape index (κ1) is 19.4. The van der Waals surface area contributed by atoms with Crippen LogP contribution in [0.3, 0.4) is 0 Å². The number of nitrogens with one attached hydrogen (secondary N) is 1. The average molecular weight is 429 g/mol. The van der Waals surface area contributed by atoms with Crippen LogP contribution in [0.15, 0.2) is 48.5 Å². The molecule has 0 bridgehead atoms. The Morgan fingerprint density at radius 3 is 2.72 bits per heavy atom. The summed E-state index contributed by atoms with van der Waals surface area (Å²) in [6.45, 7) is 2.11. The molecule has 6 heteroatoms. The van der Waals surface area contributed by atoms with Crippen molar-refractivity contribution >= 4 is 28.4 Å². The number of amides is 2. The van der Waals surface area contributed by atoms with E-state index >= 15 is 0 Å². The minimum absolute atomic E-state index is 0.0910. The number of carbonyl (C=O) groups excluding carboxylic acids is 2. The van der Waals surface area contributed by atoms with Gasteiger partial charge in [0.25, 0.3) is 5.91 Å². The molecule has 2 aliphatic heterocycles. The fourth-order valence-electron chi connectivity index (χ4n) is 5.43. The molecule has 6 rings (SSSR count). The van der Waals surface area contributed by atoms with E-state index in [0.29, 0.717) is 25.4 Å². The first-order chi connectivity index (χ1) is 15.6. The van der Waals surface area contributed by atoms with Gasteiger partial charge >= 0.3 is 0 Å². The van der Waals surface area contributed by atoms with E-state index in [9.17, 15) is 9.59 Å². The molecule has 1 atom stereocenters. The number of benzene rings is 2. The third kappa shape index (κ3) is 3.00. The lowest BCUT2D eigenvalue weighted by Crippen LogP contribution is -2.51. The standard InChI is InChI=1S/C26H28N4O2/c1-28-21-8-4-3-7-20(21)26(32)30-14-12-19-18-6-2-5-9-22(18)29(24(19)25(28)30)15-13-23(31)27-16-17-10-11-17/h2-9,17,25H,10-16H2,1H3,(H,27,31)/t25-/m1/s1. The van der Waals surface area contributed by atoms with Crippen LogP contribution in [0.2, 0.25) is 0 Å². The zero-order valence-electron chi connectivity index (χ0n) is 18.4. The lowest BCUT2D eigenvalue weighted by atomic mass is 9.96. The van der Waals surface area contributed by atoms with Crippen molar-refractivity contribution in [1.82, 2.24) is 14.8 Å². The highest BCUT2D eigenvalue weighted by molar-refractivity contribution is 6.02. The van der Waals surface area contributed by atoms with E-state index in [-0.39, 0.29) is 18.0 Å². The highest BCUT2D eigenvalue weighted by Crippen LogP contribution is 2.44. The minimum Gasteiger partial charge on any atom is -0.356 e. The van der Waals surface area contributed by atoms with Crippen LogP contribution >= 0.6 is 0 Å². The van der Waals surface area contributed by atoms with E-state index in [4.69, 9.17) is 0 Å². The molecule has 3 heterocycles.